The number of nitrogens with one attached hydrogen (secondary N) is 1. The Morgan fingerprint density at radius 2 is 1.62 bits per heavy atom. The van der Waals surface area contributed by atoms with Gasteiger partial charge in [-0.3, -0.25) is 9.59 Å². The van der Waals surface area contributed by atoms with Crippen LogP contribution in [0.25, 0.3) is 0 Å². The Balaban J connectivity index is 1.44. The molecule has 2 atom stereocenters. The fourth-order valence-corrected chi connectivity index (χ4v) is 6.35. The molecule has 1 unspecified atom stereocenters. The highest BCUT2D eigenvalue weighted by atomic mass is 35.5. The van der Waals surface area contributed by atoms with Gasteiger partial charge in [0.25, 0.3) is 0 Å². The highest BCUT2D eigenvalue weighted by Crippen LogP contribution is 2.34. The highest BCUT2D eigenvalue weighted by Gasteiger charge is 2.36. The van der Waals surface area contributed by atoms with E-state index in [1.54, 1.807) is 29.2 Å². The molecule has 12 heteroatoms. The number of carbonyl (C=O) groups excluding carboxylic acids is 2. The SMILES string of the molecule is CC(C)CN(C1CCN(C(=O)[C@@H](Cc2ccc(Cl)cc2)NC(=O)CC(N)c2ccccc2C(F)(F)F)CC1)N1CCN(C)CC1. The van der Waals surface area contributed by atoms with Crippen LogP contribution in [0.2, 0.25) is 5.02 Å². The molecule has 2 saturated heterocycles. The molecule has 2 heterocycles. The van der Waals surface area contributed by atoms with Gasteiger partial charge < -0.3 is 20.9 Å². The number of piperazine rings is 1. The predicted octanol–water partition coefficient (Wildman–Crippen LogP) is 4.59. The summed E-state index contributed by atoms with van der Waals surface area (Å²) in [6.45, 7) is 10.5. The number of alkyl halides is 3. The summed E-state index contributed by atoms with van der Waals surface area (Å²) >= 11 is 6.06. The third kappa shape index (κ3) is 9.89. The third-order valence-corrected chi connectivity index (χ3v) is 8.90. The van der Waals surface area contributed by atoms with E-state index in [1.165, 1.54) is 18.2 Å². The van der Waals surface area contributed by atoms with E-state index in [0.717, 1.165) is 57.2 Å². The van der Waals surface area contributed by atoms with Crippen LogP contribution in [0.4, 0.5) is 13.2 Å². The Morgan fingerprint density at radius 3 is 2.22 bits per heavy atom. The number of carbonyl (C=O) groups is 2. The summed E-state index contributed by atoms with van der Waals surface area (Å²) in [7, 11) is 2.14. The van der Waals surface area contributed by atoms with Gasteiger partial charge in [-0.15, -0.1) is 0 Å². The van der Waals surface area contributed by atoms with Gasteiger partial charge in [-0.1, -0.05) is 55.8 Å². The molecule has 2 aliphatic rings. The molecular formula is C33H46ClF3N6O2. The number of amides is 2. The molecular weight excluding hydrogens is 605 g/mol. The number of nitrogens with two attached hydrogens (primary N) is 1. The molecule has 0 aromatic heterocycles. The maximum Gasteiger partial charge on any atom is 0.416 e. The number of likely N-dealkylation sites (tertiary alicyclic amines) is 1. The zero-order chi connectivity index (χ0) is 32.7. The van der Waals surface area contributed by atoms with Gasteiger partial charge >= 0.3 is 6.18 Å². The summed E-state index contributed by atoms with van der Waals surface area (Å²) in [5, 5.41) is 8.32. The smallest absolute Gasteiger partial charge is 0.344 e. The number of hydrogen-bond donors (Lipinski definition) is 2. The number of halogens is 4. The monoisotopic (exact) mass is 650 g/mol. The first-order valence-corrected chi connectivity index (χ1v) is 16.1. The molecule has 0 radical (unpaired) electrons. The minimum absolute atomic E-state index is 0.158. The zero-order valence-electron chi connectivity index (χ0n) is 26.4. The average Bonchev–Trinajstić information content (AvgIpc) is 3.00. The number of piperidine rings is 1. The first kappa shape index (κ1) is 35.2. The fraction of sp³-hybridized carbons (Fsp3) is 0.576. The Kier molecular flexibility index (Phi) is 12.3. The Labute approximate surface area is 269 Å². The van der Waals surface area contributed by atoms with Gasteiger partial charge in [-0.2, -0.15) is 13.2 Å². The molecule has 2 aromatic rings. The van der Waals surface area contributed by atoms with Crippen molar-refractivity contribution < 1.29 is 22.8 Å². The van der Waals surface area contributed by atoms with Gasteiger partial charge in [0.05, 0.1) is 5.56 Å². The van der Waals surface area contributed by atoms with Crippen molar-refractivity contribution in [3.8, 4) is 0 Å². The summed E-state index contributed by atoms with van der Waals surface area (Å²) < 4.78 is 40.7. The maximum absolute atomic E-state index is 13.9. The fourth-order valence-electron chi connectivity index (χ4n) is 6.22. The van der Waals surface area contributed by atoms with Gasteiger partial charge in [-0.25, -0.2) is 10.0 Å². The van der Waals surface area contributed by atoms with Crippen LogP contribution >= 0.6 is 11.6 Å². The first-order valence-electron chi connectivity index (χ1n) is 15.8. The zero-order valence-corrected chi connectivity index (χ0v) is 27.2. The van der Waals surface area contributed by atoms with Crippen LogP contribution in [0.5, 0.6) is 0 Å². The minimum Gasteiger partial charge on any atom is -0.344 e. The lowest BCUT2D eigenvalue weighted by Gasteiger charge is -2.47. The standard InChI is InChI=1S/C33H46ClF3N6O2/c1-23(2)22-43(42-18-16-40(3)17-19-42)26-12-14-41(15-13-26)32(45)30(20-24-8-10-25(34)11-9-24)39-31(44)21-29(38)27-6-4-5-7-28(27)33(35,36)37/h4-11,23,26,29-30H,12-22,38H2,1-3H3,(H,39,44)/t29?,30-/m1/s1. The number of likely N-dealkylation sites (N-methyl/N-ethyl adjacent to an activating group) is 1. The van der Waals surface area contributed by atoms with Crippen molar-refractivity contribution in [3.05, 3.63) is 70.2 Å². The van der Waals surface area contributed by atoms with Crippen LogP contribution in [0.1, 0.15) is 55.8 Å². The lowest BCUT2D eigenvalue weighted by atomic mass is 9.97. The number of rotatable bonds is 11. The topological polar surface area (TPSA) is 85.1 Å². The van der Waals surface area contributed by atoms with E-state index in [2.05, 4.69) is 41.1 Å². The molecule has 45 heavy (non-hydrogen) atoms. The lowest BCUT2D eigenvalue weighted by molar-refractivity contribution is -0.141. The molecule has 0 bridgehead atoms. The largest absolute Gasteiger partial charge is 0.416 e. The van der Waals surface area contributed by atoms with Gasteiger partial charge in [0.15, 0.2) is 0 Å². The summed E-state index contributed by atoms with van der Waals surface area (Å²) in [5.41, 5.74) is 5.90. The highest BCUT2D eigenvalue weighted by molar-refractivity contribution is 6.30. The van der Waals surface area contributed by atoms with E-state index in [4.69, 9.17) is 17.3 Å². The molecule has 2 fully saturated rings. The first-order chi connectivity index (χ1) is 21.3. The molecule has 8 nitrogen and oxygen atoms in total. The van der Waals surface area contributed by atoms with Crippen LogP contribution < -0.4 is 11.1 Å². The van der Waals surface area contributed by atoms with Crippen LogP contribution in [0.3, 0.4) is 0 Å². The van der Waals surface area contributed by atoms with Crippen molar-refractivity contribution >= 4 is 23.4 Å². The lowest BCUT2D eigenvalue weighted by Crippen LogP contribution is -2.60. The van der Waals surface area contributed by atoms with Gasteiger partial charge in [0, 0.05) is 75.8 Å². The van der Waals surface area contributed by atoms with E-state index in [0.29, 0.717) is 30.1 Å². The van der Waals surface area contributed by atoms with Gasteiger partial charge in [0.2, 0.25) is 11.8 Å². The van der Waals surface area contributed by atoms with Crippen molar-refractivity contribution in [2.45, 2.75) is 63.8 Å². The van der Waals surface area contributed by atoms with E-state index >= 15 is 0 Å². The number of hydrazine groups is 1. The van der Waals surface area contributed by atoms with Crippen molar-refractivity contribution in [2.75, 3.05) is 52.9 Å². The summed E-state index contributed by atoms with van der Waals surface area (Å²) in [6, 6.07) is 10.3. The number of hydrogen-bond acceptors (Lipinski definition) is 6. The van der Waals surface area contributed by atoms with E-state index in [1.807, 2.05) is 0 Å². The summed E-state index contributed by atoms with van der Waals surface area (Å²) in [4.78, 5) is 31.2. The van der Waals surface area contributed by atoms with Gasteiger partial charge in [0.1, 0.15) is 6.04 Å². The second kappa shape index (κ2) is 15.7. The Bertz CT molecular complexity index is 1260. The molecule has 2 aliphatic heterocycles. The molecule has 2 aromatic carbocycles. The average molecular weight is 651 g/mol. The van der Waals surface area contributed by atoms with Crippen LogP contribution in [-0.4, -0.2) is 96.6 Å². The van der Waals surface area contributed by atoms with Crippen LogP contribution in [-0.2, 0) is 22.2 Å². The molecule has 3 N–H and O–H groups in total. The van der Waals surface area contributed by atoms with E-state index in [9.17, 15) is 22.8 Å². The van der Waals surface area contributed by atoms with Crippen molar-refractivity contribution in [3.63, 3.8) is 0 Å². The summed E-state index contributed by atoms with van der Waals surface area (Å²) in [5.74, 6) is -0.298. The predicted molar refractivity (Wildman–Crippen MR) is 170 cm³/mol. The Morgan fingerprint density at radius 1 is 1.00 bits per heavy atom. The quantitative estimate of drug-likeness (QED) is 0.370. The molecule has 0 saturated carbocycles. The van der Waals surface area contributed by atoms with Crippen molar-refractivity contribution in [2.24, 2.45) is 11.7 Å². The van der Waals surface area contributed by atoms with Crippen LogP contribution in [0, 0.1) is 5.92 Å². The van der Waals surface area contributed by atoms with Crippen molar-refractivity contribution in [1.29, 1.82) is 0 Å². The summed E-state index contributed by atoms with van der Waals surface area (Å²) in [6.07, 6.45) is -3.15. The Hall–Kier alpha value is -2.70. The maximum atomic E-state index is 13.9. The number of benzene rings is 2. The van der Waals surface area contributed by atoms with Crippen LogP contribution in [0.15, 0.2) is 48.5 Å². The normalized spacial score (nSPS) is 18.8. The van der Waals surface area contributed by atoms with Gasteiger partial charge in [-0.05, 0) is 55.1 Å². The number of nitrogens with zero attached hydrogens (tertiary/aromatic N) is 4. The third-order valence-electron chi connectivity index (χ3n) is 8.65. The minimum atomic E-state index is -4.60. The molecule has 2 amide bonds. The van der Waals surface area contributed by atoms with E-state index in [-0.39, 0.29) is 17.9 Å². The van der Waals surface area contributed by atoms with Crippen molar-refractivity contribution in [1.82, 2.24) is 25.1 Å². The molecule has 248 valence electrons. The second-order valence-electron chi connectivity index (χ2n) is 12.7. The van der Waals surface area contributed by atoms with E-state index < -0.39 is 36.2 Å². The molecule has 0 aliphatic carbocycles. The molecule has 0 spiro atoms. The second-order valence-corrected chi connectivity index (χ2v) is 13.1. The molecule has 4 rings (SSSR count).